The highest BCUT2D eigenvalue weighted by Crippen LogP contribution is 2.30. The Morgan fingerprint density at radius 3 is 2.67 bits per heavy atom. The summed E-state index contributed by atoms with van der Waals surface area (Å²) in [5, 5.41) is 0. The SMILES string of the molecule is COCO[C@H]1CCN(C[C@H](c2ccccc2)N(C)c2ccc(C(=O)OC)cc2F)C1. The molecule has 30 heavy (non-hydrogen) atoms. The summed E-state index contributed by atoms with van der Waals surface area (Å²) in [5.74, 6) is -1.01. The topological polar surface area (TPSA) is 51.2 Å². The van der Waals surface area contributed by atoms with Crippen LogP contribution in [0.2, 0.25) is 0 Å². The molecule has 0 radical (unpaired) electrons. The van der Waals surface area contributed by atoms with E-state index in [1.54, 1.807) is 19.2 Å². The van der Waals surface area contributed by atoms with Crippen LogP contribution in [0.15, 0.2) is 48.5 Å². The maximum absolute atomic E-state index is 14.9. The second-order valence-electron chi connectivity index (χ2n) is 7.44. The predicted octanol–water partition coefficient (Wildman–Crippen LogP) is 3.48. The van der Waals surface area contributed by atoms with E-state index in [1.165, 1.54) is 13.2 Å². The molecule has 1 aliphatic heterocycles. The first kappa shape index (κ1) is 22.2. The number of hydrogen-bond donors (Lipinski definition) is 0. The third kappa shape index (κ3) is 5.36. The average Bonchev–Trinajstić information content (AvgIpc) is 3.23. The van der Waals surface area contributed by atoms with Crippen LogP contribution in [0.25, 0.3) is 0 Å². The van der Waals surface area contributed by atoms with Crippen molar-refractivity contribution in [1.29, 1.82) is 0 Å². The first-order valence-corrected chi connectivity index (χ1v) is 10.0. The van der Waals surface area contributed by atoms with Crippen LogP contribution in [0.1, 0.15) is 28.4 Å². The van der Waals surface area contributed by atoms with Gasteiger partial charge in [-0.3, -0.25) is 4.90 Å². The zero-order valence-corrected chi connectivity index (χ0v) is 17.7. The van der Waals surface area contributed by atoms with E-state index in [2.05, 4.69) is 21.8 Å². The van der Waals surface area contributed by atoms with Crippen LogP contribution >= 0.6 is 0 Å². The first-order valence-electron chi connectivity index (χ1n) is 10.0. The Morgan fingerprint density at radius 1 is 1.23 bits per heavy atom. The van der Waals surface area contributed by atoms with E-state index in [-0.39, 0.29) is 24.5 Å². The van der Waals surface area contributed by atoms with Gasteiger partial charge in [-0.2, -0.15) is 0 Å². The van der Waals surface area contributed by atoms with E-state index in [0.29, 0.717) is 5.69 Å². The van der Waals surface area contributed by atoms with Crippen LogP contribution in [-0.4, -0.2) is 64.7 Å². The molecule has 6 nitrogen and oxygen atoms in total. The van der Waals surface area contributed by atoms with Gasteiger partial charge >= 0.3 is 5.97 Å². The van der Waals surface area contributed by atoms with Crippen LogP contribution in [0.3, 0.4) is 0 Å². The maximum atomic E-state index is 14.9. The van der Waals surface area contributed by atoms with Crippen molar-refractivity contribution in [2.45, 2.75) is 18.6 Å². The fourth-order valence-electron chi connectivity index (χ4n) is 3.84. The zero-order valence-electron chi connectivity index (χ0n) is 17.7. The second-order valence-corrected chi connectivity index (χ2v) is 7.44. The van der Waals surface area contributed by atoms with Gasteiger partial charge in [0.1, 0.15) is 12.6 Å². The average molecular weight is 416 g/mol. The normalized spacial score (nSPS) is 17.7. The van der Waals surface area contributed by atoms with E-state index in [1.807, 2.05) is 30.1 Å². The number of anilines is 1. The van der Waals surface area contributed by atoms with Crippen molar-refractivity contribution in [3.05, 3.63) is 65.5 Å². The highest BCUT2D eigenvalue weighted by atomic mass is 19.1. The molecule has 0 bridgehead atoms. The van der Waals surface area contributed by atoms with Crippen molar-refractivity contribution < 1.29 is 23.4 Å². The number of likely N-dealkylation sites (tertiary alicyclic amines) is 1. The standard InChI is InChI=1S/C23H29FN2O4/c1-25(21-10-9-18(13-20(21)24)23(27)29-3)22(17-7-5-4-6-8-17)15-26-12-11-19(14-26)30-16-28-2/h4-10,13,19,22H,11-12,14-16H2,1-3H3/t19-,22+/m0/s1. The Labute approximate surface area is 177 Å². The summed E-state index contributed by atoms with van der Waals surface area (Å²) in [5.41, 5.74) is 1.72. The van der Waals surface area contributed by atoms with Crippen molar-refractivity contribution in [3.63, 3.8) is 0 Å². The van der Waals surface area contributed by atoms with Crippen molar-refractivity contribution in [1.82, 2.24) is 4.90 Å². The van der Waals surface area contributed by atoms with Gasteiger partial charge in [-0.15, -0.1) is 0 Å². The third-order valence-corrected chi connectivity index (χ3v) is 5.48. The Kier molecular flexibility index (Phi) is 7.79. The molecule has 0 amide bonds. The minimum atomic E-state index is -0.554. The zero-order chi connectivity index (χ0) is 21.5. The molecule has 2 aromatic carbocycles. The number of carbonyl (C=O) groups excluding carboxylic acids is 1. The van der Waals surface area contributed by atoms with Gasteiger partial charge in [-0.25, -0.2) is 9.18 Å². The highest BCUT2D eigenvalue weighted by molar-refractivity contribution is 5.89. The lowest BCUT2D eigenvalue weighted by Crippen LogP contribution is -2.36. The lowest BCUT2D eigenvalue weighted by molar-refractivity contribution is -0.0671. The lowest BCUT2D eigenvalue weighted by Gasteiger charge is -2.34. The summed E-state index contributed by atoms with van der Waals surface area (Å²) in [4.78, 5) is 16.0. The smallest absolute Gasteiger partial charge is 0.337 e. The molecule has 1 heterocycles. The molecule has 0 aromatic heterocycles. The van der Waals surface area contributed by atoms with E-state index in [9.17, 15) is 9.18 Å². The van der Waals surface area contributed by atoms with Gasteiger partial charge in [0.05, 0.1) is 30.5 Å². The summed E-state index contributed by atoms with van der Waals surface area (Å²) in [7, 11) is 4.78. The Bertz CT molecular complexity index is 833. The first-order chi connectivity index (χ1) is 14.5. The number of halogens is 1. The molecule has 0 unspecified atom stereocenters. The van der Waals surface area contributed by atoms with Gasteiger partial charge < -0.3 is 19.1 Å². The fraction of sp³-hybridized carbons (Fsp3) is 0.435. The number of methoxy groups -OCH3 is 2. The molecule has 2 aromatic rings. The lowest BCUT2D eigenvalue weighted by atomic mass is 10.0. The van der Waals surface area contributed by atoms with Gasteiger partial charge in [0.25, 0.3) is 0 Å². The Balaban J connectivity index is 1.80. The Morgan fingerprint density at radius 2 is 2.00 bits per heavy atom. The minimum absolute atomic E-state index is 0.0640. The summed E-state index contributed by atoms with van der Waals surface area (Å²) in [6.45, 7) is 2.74. The highest BCUT2D eigenvalue weighted by Gasteiger charge is 2.28. The van der Waals surface area contributed by atoms with Crippen molar-refractivity contribution in [2.75, 3.05) is 52.6 Å². The van der Waals surface area contributed by atoms with Crippen molar-refractivity contribution in [3.8, 4) is 0 Å². The predicted molar refractivity (Wildman–Crippen MR) is 113 cm³/mol. The molecule has 0 aliphatic carbocycles. The van der Waals surface area contributed by atoms with E-state index in [0.717, 1.165) is 31.6 Å². The van der Waals surface area contributed by atoms with Crippen LogP contribution in [0, 0.1) is 5.82 Å². The quantitative estimate of drug-likeness (QED) is 0.461. The number of nitrogens with zero attached hydrogens (tertiary/aromatic N) is 2. The summed E-state index contributed by atoms with van der Waals surface area (Å²) >= 11 is 0. The molecular weight excluding hydrogens is 387 g/mol. The molecule has 2 atom stereocenters. The molecule has 0 N–H and O–H groups in total. The van der Waals surface area contributed by atoms with Crippen LogP contribution in [-0.2, 0) is 14.2 Å². The van der Waals surface area contributed by atoms with Gasteiger partial charge in [0.15, 0.2) is 0 Å². The van der Waals surface area contributed by atoms with E-state index in [4.69, 9.17) is 9.47 Å². The molecule has 7 heteroatoms. The molecule has 1 aliphatic rings. The molecule has 162 valence electrons. The monoisotopic (exact) mass is 416 g/mol. The number of ether oxygens (including phenoxy) is 3. The number of likely N-dealkylation sites (N-methyl/N-ethyl adjacent to an activating group) is 1. The molecule has 0 saturated carbocycles. The summed E-state index contributed by atoms with van der Waals surface area (Å²) < 4.78 is 30.3. The van der Waals surface area contributed by atoms with Crippen molar-refractivity contribution in [2.24, 2.45) is 0 Å². The van der Waals surface area contributed by atoms with Gasteiger partial charge in [-0.05, 0) is 30.2 Å². The second kappa shape index (κ2) is 10.5. The molecule has 3 rings (SSSR count). The number of rotatable bonds is 9. The van der Waals surface area contributed by atoms with Crippen LogP contribution in [0.4, 0.5) is 10.1 Å². The summed E-state index contributed by atoms with van der Waals surface area (Å²) in [6, 6.07) is 14.4. The molecular formula is C23H29FN2O4. The number of carbonyl (C=O) groups is 1. The van der Waals surface area contributed by atoms with E-state index >= 15 is 0 Å². The molecule has 1 saturated heterocycles. The molecule has 1 fully saturated rings. The van der Waals surface area contributed by atoms with E-state index < -0.39 is 11.8 Å². The van der Waals surface area contributed by atoms with Gasteiger partial charge in [-0.1, -0.05) is 30.3 Å². The Hall–Kier alpha value is -2.48. The van der Waals surface area contributed by atoms with Gasteiger partial charge in [0.2, 0.25) is 0 Å². The fourth-order valence-corrected chi connectivity index (χ4v) is 3.84. The number of hydrogen-bond acceptors (Lipinski definition) is 6. The van der Waals surface area contributed by atoms with Gasteiger partial charge in [0, 0.05) is 33.8 Å². The maximum Gasteiger partial charge on any atom is 0.337 e. The summed E-state index contributed by atoms with van der Waals surface area (Å²) in [6.07, 6.45) is 1.08. The third-order valence-electron chi connectivity index (χ3n) is 5.48. The largest absolute Gasteiger partial charge is 0.465 e. The minimum Gasteiger partial charge on any atom is -0.465 e. The van der Waals surface area contributed by atoms with Crippen LogP contribution < -0.4 is 4.90 Å². The molecule has 0 spiro atoms. The van der Waals surface area contributed by atoms with Crippen LogP contribution in [0.5, 0.6) is 0 Å². The van der Waals surface area contributed by atoms with Crippen molar-refractivity contribution >= 4 is 11.7 Å². The number of esters is 1. The number of benzene rings is 2.